The molecule has 0 spiro atoms. The van der Waals surface area contributed by atoms with Gasteiger partial charge >= 0.3 is 0 Å². The van der Waals surface area contributed by atoms with Crippen LogP contribution in [0.2, 0.25) is 0 Å². The molecular weight excluding hydrogens is 112 g/mol. The molecule has 0 heterocycles. The molecular formula is C7H12N2. The Morgan fingerprint density at radius 2 is 2.00 bits per heavy atom. The van der Waals surface area contributed by atoms with E-state index >= 15 is 0 Å². The molecule has 0 saturated heterocycles. The van der Waals surface area contributed by atoms with Crippen LogP contribution in [-0.2, 0) is 0 Å². The first-order chi connectivity index (χ1) is 4.33. The Kier molecular flexibility index (Phi) is 2.09. The lowest BCUT2D eigenvalue weighted by atomic mass is 9.77. The lowest BCUT2D eigenvalue weighted by Gasteiger charge is -2.41. The van der Waals surface area contributed by atoms with Crippen molar-refractivity contribution in [3.8, 4) is 0 Å². The molecule has 0 aliphatic heterocycles. The normalized spacial score (nSPS) is 23.3. The van der Waals surface area contributed by atoms with Gasteiger partial charge in [-0.3, -0.25) is 0 Å². The summed E-state index contributed by atoms with van der Waals surface area (Å²) >= 11 is 0. The van der Waals surface area contributed by atoms with Gasteiger partial charge in [-0.25, -0.2) is 0 Å². The van der Waals surface area contributed by atoms with Crippen LogP contribution in [0, 0.1) is 14.1 Å². The third-order valence-corrected chi connectivity index (χ3v) is 2.06. The van der Waals surface area contributed by atoms with Crippen molar-refractivity contribution in [2.45, 2.75) is 24.8 Å². The molecule has 4 radical (unpaired) electrons. The molecule has 0 amide bonds. The van der Waals surface area contributed by atoms with E-state index in [0.29, 0.717) is 0 Å². The summed E-state index contributed by atoms with van der Waals surface area (Å²) < 4.78 is 0. The summed E-state index contributed by atoms with van der Waals surface area (Å²) in [7, 11) is 10.5. The lowest BCUT2D eigenvalue weighted by molar-refractivity contribution is 0.206. The van der Waals surface area contributed by atoms with Crippen molar-refractivity contribution in [1.82, 2.24) is 10.6 Å². The fourth-order valence-electron chi connectivity index (χ4n) is 1.17. The summed E-state index contributed by atoms with van der Waals surface area (Å²) in [6, 6.07) is 0. The molecule has 0 aromatic rings. The van der Waals surface area contributed by atoms with Crippen molar-refractivity contribution in [1.29, 1.82) is 0 Å². The average Bonchev–Trinajstić information content (AvgIpc) is 1.79. The molecule has 50 valence electrons. The maximum Gasteiger partial charge on any atom is 0.0412 e. The summed E-state index contributed by atoms with van der Waals surface area (Å²) in [6.45, 7) is 0.767. The fourth-order valence-corrected chi connectivity index (χ4v) is 1.17. The van der Waals surface area contributed by atoms with Crippen LogP contribution in [0.25, 0.3) is 0 Å². The molecule has 1 aliphatic rings. The Balaban J connectivity index is 2.28. The number of hydrogen-bond donors (Lipinski definition) is 2. The standard InChI is InChI=1S/C7H12N2/c1-8-6-7(9-2)4-3-5-7/h1-2,8-9H,3-6H2. The van der Waals surface area contributed by atoms with Crippen LogP contribution in [0.5, 0.6) is 0 Å². The largest absolute Gasteiger partial charge is 0.309 e. The van der Waals surface area contributed by atoms with Crippen LogP contribution < -0.4 is 10.6 Å². The second-order valence-electron chi connectivity index (χ2n) is 2.66. The Hall–Kier alpha value is -0.0800. The van der Waals surface area contributed by atoms with Gasteiger partial charge in [0.05, 0.1) is 0 Å². The molecule has 0 atom stereocenters. The topological polar surface area (TPSA) is 24.1 Å². The van der Waals surface area contributed by atoms with Crippen molar-refractivity contribution in [3.05, 3.63) is 14.1 Å². The Bertz CT molecular complexity index is 81.4. The maximum atomic E-state index is 5.31. The third kappa shape index (κ3) is 1.25. The van der Waals surface area contributed by atoms with E-state index < -0.39 is 0 Å². The van der Waals surface area contributed by atoms with Gasteiger partial charge in [0.15, 0.2) is 0 Å². The van der Waals surface area contributed by atoms with Gasteiger partial charge in [-0.15, -0.1) is 0 Å². The first-order valence-electron chi connectivity index (χ1n) is 3.24. The van der Waals surface area contributed by atoms with E-state index in [1.807, 2.05) is 0 Å². The van der Waals surface area contributed by atoms with E-state index in [2.05, 4.69) is 10.6 Å². The zero-order valence-corrected chi connectivity index (χ0v) is 5.48. The molecule has 2 heteroatoms. The minimum absolute atomic E-state index is 0.106. The van der Waals surface area contributed by atoms with Crippen molar-refractivity contribution in [2.75, 3.05) is 6.54 Å². The van der Waals surface area contributed by atoms with Gasteiger partial charge in [-0.05, 0) is 19.3 Å². The molecule has 0 aromatic heterocycles. The first-order valence-corrected chi connectivity index (χ1v) is 3.24. The smallest absolute Gasteiger partial charge is 0.0412 e. The highest BCUT2D eigenvalue weighted by molar-refractivity contribution is 4.97. The Labute approximate surface area is 57.0 Å². The summed E-state index contributed by atoms with van der Waals surface area (Å²) in [5.41, 5.74) is 0.106. The van der Waals surface area contributed by atoms with Crippen molar-refractivity contribution < 1.29 is 0 Å². The van der Waals surface area contributed by atoms with Gasteiger partial charge in [0.1, 0.15) is 0 Å². The van der Waals surface area contributed by atoms with Gasteiger partial charge in [0.25, 0.3) is 0 Å². The number of hydrogen-bond acceptors (Lipinski definition) is 2. The third-order valence-electron chi connectivity index (χ3n) is 2.06. The molecule has 1 saturated carbocycles. The van der Waals surface area contributed by atoms with Crippen molar-refractivity contribution >= 4 is 0 Å². The van der Waals surface area contributed by atoms with Gasteiger partial charge in [-0.2, -0.15) is 0 Å². The van der Waals surface area contributed by atoms with E-state index in [9.17, 15) is 0 Å². The van der Waals surface area contributed by atoms with E-state index in [1.165, 1.54) is 6.42 Å². The summed E-state index contributed by atoms with van der Waals surface area (Å²) in [4.78, 5) is 0. The maximum absolute atomic E-state index is 5.31. The van der Waals surface area contributed by atoms with E-state index in [-0.39, 0.29) is 5.54 Å². The lowest BCUT2D eigenvalue weighted by Crippen LogP contribution is -2.54. The minimum atomic E-state index is 0.106. The van der Waals surface area contributed by atoms with E-state index in [1.54, 1.807) is 0 Å². The van der Waals surface area contributed by atoms with Crippen LogP contribution in [0.1, 0.15) is 19.3 Å². The fraction of sp³-hybridized carbons (Fsp3) is 0.714. The molecule has 0 aromatic carbocycles. The zero-order valence-electron chi connectivity index (χ0n) is 5.48. The second-order valence-corrected chi connectivity index (χ2v) is 2.66. The van der Waals surface area contributed by atoms with Gasteiger partial charge in [-0.1, -0.05) is 0 Å². The van der Waals surface area contributed by atoms with Gasteiger partial charge < -0.3 is 10.6 Å². The summed E-state index contributed by atoms with van der Waals surface area (Å²) in [5, 5.41) is 5.39. The molecule has 9 heavy (non-hydrogen) atoms. The Morgan fingerprint density at radius 1 is 1.33 bits per heavy atom. The first kappa shape index (κ1) is 7.03. The Morgan fingerprint density at radius 3 is 2.11 bits per heavy atom. The van der Waals surface area contributed by atoms with Gasteiger partial charge in [0, 0.05) is 26.2 Å². The predicted octanol–water partition coefficient (Wildman–Crippen LogP) is 0.425. The van der Waals surface area contributed by atoms with E-state index in [4.69, 9.17) is 14.1 Å². The zero-order chi connectivity index (χ0) is 6.74. The van der Waals surface area contributed by atoms with Crippen LogP contribution >= 0.6 is 0 Å². The highest BCUT2D eigenvalue weighted by Crippen LogP contribution is 2.30. The molecule has 1 fully saturated rings. The quantitative estimate of drug-likeness (QED) is 0.533. The molecule has 1 aliphatic carbocycles. The van der Waals surface area contributed by atoms with Crippen LogP contribution in [0.4, 0.5) is 0 Å². The second kappa shape index (κ2) is 2.67. The molecule has 0 unspecified atom stereocenters. The van der Waals surface area contributed by atoms with Crippen molar-refractivity contribution in [3.63, 3.8) is 0 Å². The van der Waals surface area contributed by atoms with Crippen LogP contribution in [0.15, 0.2) is 0 Å². The minimum Gasteiger partial charge on any atom is -0.309 e. The van der Waals surface area contributed by atoms with Crippen molar-refractivity contribution in [2.24, 2.45) is 0 Å². The van der Waals surface area contributed by atoms with Crippen LogP contribution in [-0.4, -0.2) is 12.1 Å². The van der Waals surface area contributed by atoms with Crippen LogP contribution in [0.3, 0.4) is 0 Å². The monoisotopic (exact) mass is 124 g/mol. The molecule has 0 bridgehead atoms. The highest BCUT2D eigenvalue weighted by atomic mass is 15.0. The van der Waals surface area contributed by atoms with Gasteiger partial charge in [0.2, 0.25) is 0 Å². The SMILES string of the molecule is [CH]NCC1(N[CH])CCC1. The average molecular weight is 124 g/mol. The molecule has 1 rings (SSSR count). The molecule has 2 nitrogen and oxygen atoms in total. The van der Waals surface area contributed by atoms with E-state index in [0.717, 1.165) is 19.4 Å². The number of rotatable bonds is 3. The molecule has 2 N–H and O–H groups in total. The number of nitrogens with one attached hydrogen (secondary N) is 2. The predicted molar refractivity (Wildman–Crippen MR) is 36.3 cm³/mol. The highest BCUT2D eigenvalue weighted by Gasteiger charge is 2.34. The summed E-state index contributed by atoms with van der Waals surface area (Å²) in [6.07, 6.45) is 3.52. The summed E-state index contributed by atoms with van der Waals surface area (Å²) in [5.74, 6) is 0.